The molecule has 0 saturated carbocycles. The molecule has 0 spiro atoms. The van der Waals surface area contributed by atoms with E-state index in [1.54, 1.807) is 43.5 Å². The summed E-state index contributed by atoms with van der Waals surface area (Å²) in [5.41, 5.74) is 1.97. The summed E-state index contributed by atoms with van der Waals surface area (Å²) in [6.07, 6.45) is 1.66. The highest BCUT2D eigenvalue weighted by Gasteiger charge is 2.28. The third-order valence-corrected chi connectivity index (χ3v) is 6.34. The number of pyridine rings is 1. The maximum absolute atomic E-state index is 13.4. The summed E-state index contributed by atoms with van der Waals surface area (Å²) >= 11 is 0. The number of ether oxygens (including phenoxy) is 2. The summed E-state index contributed by atoms with van der Waals surface area (Å²) in [6, 6.07) is 10.8. The van der Waals surface area contributed by atoms with Crippen LogP contribution in [-0.4, -0.2) is 78.8 Å². The SMILES string of the molecule is CO[C@H]1CN(C)C(=O)c2ccc(NC(=O)NC(C)C)cc2OC[C@H](C)N(Cc2ccccn2)C[C@H]1C. The van der Waals surface area contributed by atoms with E-state index in [1.165, 1.54) is 0 Å². The van der Waals surface area contributed by atoms with Gasteiger partial charge in [0, 0.05) is 63.8 Å². The second kappa shape index (κ2) is 12.7. The first-order chi connectivity index (χ1) is 17.2. The van der Waals surface area contributed by atoms with Crippen LogP contribution in [0.25, 0.3) is 0 Å². The Kier molecular flexibility index (Phi) is 9.66. The van der Waals surface area contributed by atoms with Crippen LogP contribution in [0.2, 0.25) is 0 Å². The van der Waals surface area contributed by atoms with Gasteiger partial charge in [0.15, 0.2) is 0 Å². The third-order valence-electron chi connectivity index (χ3n) is 6.34. The van der Waals surface area contributed by atoms with Crippen molar-refractivity contribution in [3.8, 4) is 5.75 Å². The molecule has 1 aromatic carbocycles. The molecule has 1 aromatic heterocycles. The molecule has 9 heteroatoms. The Balaban J connectivity index is 1.91. The molecule has 3 amide bonds. The Hall–Kier alpha value is -3.17. The summed E-state index contributed by atoms with van der Waals surface area (Å²) in [7, 11) is 3.46. The average Bonchev–Trinajstić information content (AvgIpc) is 2.84. The molecule has 3 rings (SSSR count). The number of fused-ring (bicyclic) bond motifs is 1. The molecule has 3 atom stereocenters. The smallest absolute Gasteiger partial charge is 0.319 e. The number of anilines is 1. The van der Waals surface area contributed by atoms with Crippen molar-refractivity contribution < 1.29 is 19.1 Å². The number of benzene rings is 1. The van der Waals surface area contributed by atoms with Crippen LogP contribution in [0.15, 0.2) is 42.6 Å². The largest absolute Gasteiger partial charge is 0.491 e. The Bertz CT molecular complexity index is 1020. The Morgan fingerprint density at radius 2 is 2.00 bits per heavy atom. The van der Waals surface area contributed by atoms with Gasteiger partial charge in [0.2, 0.25) is 0 Å². The van der Waals surface area contributed by atoms with Gasteiger partial charge >= 0.3 is 6.03 Å². The molecule has 196 valence electrons. The molecule has 9 nitrogen and oxygen atoms in total. The van der Waals surface area contributed by atoms with Gasteiger partial charge in [-0.2, -0.15) is 0 Å². The van der Waals surface area contributed by atoms with Crippen LogP contribution in [0.3, 0.4) is 0 Å². The quantitative estimate of drug-likeness (QED) is 0.655. The van der Waals surface area contributed by atoms with Crippen LogP contribution < -0.4 is 15.4 Å². The van der Waals surface area contributed by atoms with Gasteiger partial charge < -0.3 is 25.0 Å². The minimum Gasteiger partial charge on any atom is -0.491 e. The van der Waals surface area contributed by atoms with Gasteiger partial charge in [0.05, 0.1) is 17.4 Å². The highest BCUT2D eigenvalue weighted by molar-refractivity contribution is 5.98. The van der Waals surface area contributed by atoms with Gasteiger partial charge in [-0.1, -0.05) is 13.0 Å². The van der Waals surface area contributed by atoms with Crippen molar-refractivity contribution in [1.82, 2.24) is 20.1 Å². The third kappa shape index (κ3) is 7.41. The lowest BCUT2D eigenvalue weighted by molar-refractivity contribution is 0.00901. The molecule has 0 unspecified atom stereocenters. The molecular weight excluding hydrogens is 458 g/mol. The van der Waals surface area contributed by atoms with Crippen LogP contribution in [-0.2, 0) is 11.3 Å². The maximum Gasteiger partial charge on any atom is 0.319 e. The molecule has 0 fully saturated rings. The van der Waals surface area contributed by atoms with Gasteiger partial charge in [-0.3, -0.25) is 14.7 Å². The zero-order valence-corrected chi connectivity index (χ0v) is 22.2. The number of amides is 3. The first-order valence-electron chi connectivity index (χ1n) is 12.4. The summed E-state index contributed by atoms with van der Waals surface area (Å²) < 4.78 is 12.1. The number of aromatic nitrogens is 1. The zero-order chi connectivity index (χ0) is 26.2. The second-order valence-electron chi connectivity index (χ2n) is 9.81. The van der Waals surface area contributed by atoms with Crippen LogP contribution in [0, 0.1) is 5.92 Å². The molecule has 2 N–H and O–H groups in total. The zero-order valence-electron chi connectivity index (χ0n) is 22.2. The first-order valence-corrected chi connectivity index (χ1v) is 12.4. The number of rotatable bonds is 5. The maximum atomic E-state index is 13.4. The lowest BCUT2D eigenvalue weighted by atomic mass is 10.0. The molecule has 0 saturated heterocycles. The minimum absolute atomic E-state index is 0.00261. The van der Waals surface area contributed by atoms with Crippen molar-refractivity contribution in [3.05, 3.63) is 53.9 Å². The molecule has 0 radical (unpaired) electrons. The van der Waals surface area contributed by atoms with E-state index < -0.39 is 0 Å². The second-order valence-corrected chi connectivity index (χ2v) is 9.81. The monoisotopic (exact) mass is 497 g/mol. The van der Waals surface area contributed by atoms with Crippen molar-refractivity contribution in [2.45, 2.75) is 52.4 Å². The van der Waals surface area contributed by atoms with Gasteiger partial charge in [-0.05, 0) is 51.0 Å². The fraction of sp³-hybridized carbons (Fsp3) is 0.519. The summed E-state index contributed by atoms with van der Waals surface area (Å²) in [6.45, 7) is 10.3. The summed E-state index contributed by atoms with van der Waals surface area (Å²) in [5.74, 6) is 0.443. The Morgan fingerprint density at radius 1 is 1.22 bits per heavy atom. The number of urea groups is 1. The number of nitrogens with one attached hydrogen (secondary N) is 2. The van der Waals surface area contributed by atoms with Crippen LogP contribution in [0.1, 0.15) is 43.7 Å². The highest BCUT2D eigenvalue weighted by atomic mass is 16.5. The molecule has 0 bridgehead atoms. The fourth-order valence-corrected chi connectivity index (χ4v) is 4.27. The van der Waals surface area contributed by atoms with E-state index in [1.807, 2.05) is 32.0 Å². The van der Waals surface area contributed by atoms with Crippen molar-refractivity contribution >= 4 is 17.6 Å². The molecule has 1 aliphatic rings. The highest BCUT2D eigenvalue weighted by Crippen LogP contribution is 2.27. The standard InChI is InChI=1S/C27H39N5O4/c1-18(2)29-27(34)30-21-10-11-23-24(13-21)36-17-20(4)32(15-22-9-7-8-12-28-22)14-19(3)25(35-6)16-31(5)26(23)33/h7-13,18-20,25H,14-17H2,1-6H3,(H2,29,30,34)/t19-,20+,25+/m1/s1. The van der Waals surface area contributed by atoms with Crippen molar-refractivity contribution in [2.75, 3.05) is 39.2 Å². The fourth-order valence-electron chi connectivity index (χ4n) is 4.27. The van der Waals surface area contributed by atoms with Crippen molar-refractivity contribution in [3.63, 3.8) is 0 Å². The number of carbonyl (C=O) groups excluding carboxylic acids is 2. The number of methoxy groups -OCH3 is 1. The minimum atomic E-state index is -0.312. The summed E-state index contributed by atoms with van der Waals surface area (Å²) in [4.78, 5) is 34.1. The predicted octanol–water partition coefficient (Wildman–Crippen LogP) is 3.62. The van der Waals surface area contributed by atoms with Gasteiger partial charge in [-0.25, -0.2) is 4.79 Å². The Labute approximate surface area is 214 Å². The number of hydrogen-bond acceptors (Lipinski definition) is 6. The van der Waals surface area contributed by atoms with Crippen molar-refractivity contribution in [1.29, 1.82) is 0 Å². The predicted molar refractivity (Wildman–Crippen MR) is 140 cm³/mol. The lowest BCUT2D eigenvalue weighted by Crippen LogP contribution is -2.46. The van der Waals surface area contributed by atoms with Crippen LogP contribution in [0.4, 0.5) is 10.5 Å². The van der Waals surface area contributed by atoms with E-state index in [2.05, 4.69) is 34.4 Å². The van der Waals surface area contributed by atoms with E-state index in [-0.39, 0.29) is 36.0 Å². The van der Waals surface area contributed by atoms with Crippen molar-refractivity contribution in [2.24, 2.45) is 5.92 Å². The van der Waals surface area contributed by atoms with Gasteiger partial charge in [0.1, 0.15) is 12.4 Å². The number of hydrogen-bond donors (Lipinski definition) is 2. The first kappa shape index (κ1) is 27.4. The molecule has 36 heavy (non-hydrogen) atoms. The number of likely N-dealkylation sites (N-methyl/N-ethyl adjacent to an activating group) is 1. The molecule has 2 heterocycles. The van der Waals surface area contributed by atoms with Crippen LogP contribution >= 0.6 is 0 Å². The summed E-state index contributed by atoms with van der Waals surface area (Å²) in [5, 5.41) is 5.62. The molecular formula is C27H39N5O4. The van der Waals surface area contributed by atoms with E-state index in [0.717, 1.165) is 12.2 Å². The van der Waals surface area contributed by atoms with Gasteiger partial charge in [-0.15, -0.1) is 0 Å². The van der Waals surface area contributed by atoms with E-state index >= 15 is 0 Å². The number of nitrogens with zero attached hydrogens (tertiary/aromatic N) is 3. The molecule has 2 aromatic rings. The Morgan fingerprint density at radius 3 is 2.67 bits per heavy atom. The number of carbonyl (C=O) groups is 2. The van der Waals surface area contributed by atoms with E-state index in [9.17, 15) is 9.59 Å². The lowest BCUT2D eigenvalue weighted by Gasteiger charge is -2.35. The van der Waals surface area contributed by atoms with E-state index in [0.29, 0.717) is 36.7 Å². The average molecular weight is 498 g/mol. The molecule has 1 aliphatic heterocycles. The topological polar surface area (TPSA) is 96.0 Å². The van der Waals surface area contributed by atoms with Crippen LogP contribution in [0.5, 0.6) is 5.75 Å². The van der Waals surface area contributed by atoms with E-state index in [4.69, 9.17) is 9.47 Å². The molecule has 0 aliphatic carbocycles. The van der Waals surface area contributed by atoms with Gasteiger partial charge in [0.25, 0.3) is 5.91 Å². The normalized spacial score (nSPS) is 21.7.